The van der Waals surface area contributed by atoms with E-state index in [9.17, 15) is 13.2 Å². The van der Waals surface area contributed by atoms with Gasteiger partial charge in [0.25, 0.3) is 0 Å². The highest BCUT2D eigenvalue weighted by Crippen LogP contribution is 2.24. The van der Waals surface area contributed by atoms with Gasteiger partial charge >= 0.3 is 0 Å². The number of hydrogen-bond donors (Lipinski definition) is 2. The van der Waals surface area contributed by atoms with Crippen LogP contribution in [0.15, 0.2) is 57.9 Å². The standard InChI is InChI=1S/C21H23ClN4O4S/c1-21(2,3)20-25-19(26-30-20)14-7-9-16(10-8-14)24-18(27)11-12-23-31(28,29)17-6-4-5-15(22)13-17/h4-10,13,23H,11-12H2,1-3H3,(H,24,27). The Morgan fingerprint density at radius 3 is 2.45 bits per heavy atom. The fourth-order valence-corrected chi connectivity index (χ4v) is 3.92. The number of nitrogens with zero attached hydrogens (tertiary/aromatic N) is 2. The minimum Gasteiger partial charge on any atom is -0.338 e. The van der Waals surface area contributed by atoms with Crippen molar-refractivity contribution in [3.63, 3.8) is 0 Å². The van der Waals surface area contributed by atoms with Gasteiger partial charge in [-0.25, -0.2) is 13.1 Å². The maximum Gasteiger partial charge on any atom is 0.240 e. The number of amides is 1. The molecule has 3 aromatic rings. The van der Waals surface area contributed by atoms with Gasteiger partial charge in [0.05, 0.1) is 4.90 Å². The molecule has 2 N–H and O–H groups in total. The molecule has 3 rings (SSSR count). The molecule has 0 saturated carbocycles. The number of sulfonamides is 1. The number of carbonyl (C=O) groups excluding carboxylic acids is 1. The van der Waals surface area contributed by atoms with Crippen molar-refractivity contribution in [2.45, 2.75) is 37.5 Å². The van der Waals surface area contributed by atoms with E-state index in [2.05, 4.69) is 20.2 Å². The van der Waals surface area contributed by atoms with Crippen molar-refractivity contribution in [3.8, 4) is 11.4 Å². The first kappa shape index (κ1) is 22.9. The molecule has 0 atom stereocenters. The second-order valence-corrected chi connectivity index (χ2v) is 10.1. The molecule has 0 aliphatic rings. The van der Waals surface area contributed by atoms with E-state index in [1.54, 1.807) is 36.4 Å². The zero-order valence-electron chi connectivity index (χ0n) is 17.3. The van der Waals surface area contributed by atoms with Crippen molar-refractivity contribution in [3.05, 3.63) is 59.4 Å². The summed E-state index contributed by atoms with van der Waals surface area (Å²) in [5.41, 5.74) is 1.09. The minimum absolute atomic E-state index is 0.0265. The molecule has 0 fully saturated rings. The third-order valence-electron chi connectivity index (χ3n) is 4.25. The second kappa shape index (κ2) is 9.17. The molecule has 31 heavy (non-hydrogen) atoms. The Kier molecular flexibility index (Phi) is 6.78. The summed E-state index contributed by atoms with van der Waals surface area (Å²) >= 11 is 5.83. The molecule has 0 saturated heterocycles. The molecule has 0 aliphatic heterocycles. The Morgan fingerprint density at radius 1 is 1.13 bits per heavy atom. The van der Waals surface area contributed by atoms with Crippen LogP contribution in [0.4, 0.5) is 5.69 Å². The number of hydrogen-bond acceptors (Lipinski definition) is 6. The summed E-state index contributed by atoms with van der Waals surface area (Å²) in [6.45, 7) is 5.91. The van der Waals surface area contributed by atoms with Crippen molar-refractivity contribution in [2.24, 2.45) is 0 Å². The highest BCUT2D eigenvalue weighted by Gasteiger charge is 2.22. The molecule has 1 aromatic heterocycles. The Hall–Kier alpha value is -2.75. The van der Waals surface area contributed by atoms with Gasteiger partial charge in [0.2, 0.25) is 27.6 Å². The molecule has 0 bridgehead atoms. The van der Waals surface area contributed by atoms with Gasteiger partial charge in [0.15, 0.2) is 0 Å². The fraction of sp³-hybridized carbons (Fsp3) is 0.286. The van der Waals surface area contributed by atoms with Crippen molar-refractivity contribution in [1.29, 1.82) is 0 Å². The van der Waals surface area contributed by atoms with Gasteiger partial charge in [-0.05, 0) is 42.5 Å². The van der Waals surface area contributed by atoms with Crippen molar-refractivity contribution in [2.75, 3.05) is 11.9 Å². The Morgan fingerprint density at radius 2 is 1.84 bits per heavy atom. The molecular formula is C21H23ClN4O4S. The van der Waals surface area contributed by atoms with Crippen LogP contribution in [-0.4, -0.2) is 31.0 Å². The predicted molar refractivity (Wildman–Crippen MR) is 118 cm³/mol. The summed E-state index contributed by atoms with van der Waals surface area (Å²) < 4.78 is 32.2. The predicted octanol–water partition coefficient (Wildman–Crippen LogP) is 3.99. The van der Waals surface area contributed by atoms with E-state index in [1.165, 1.54) is 12.1 Å². The van der Waals surface area contributed by atoms with Crippen LogP contribution >= 0.6 is 11.6 Å². The van der Waals surface area contributed by atoms with Crippen LogP contribution in [0.5, 0.6) is 0 Å². The smallest absolute Gasteiger partial charge is 0.240 e. The van der Waals surface area contributed by atoms with Crippen LogP contribution in [0.1, 0.15) is 33.1 Å². The van der Waals surface area contributed by atoms with E-state index in [0.717, 1.165) is 5.56 Å². The zero-order valence-corrected chi connectivity index (χ0v) is 18.9. The molecule has 0 unspecified atom stereocenters. The van der Waals surface area contributed by atoms with Gasteiger partial charge in [-0.3, -0.25) is 4.79 Å². The Bertz CT molecular complexity index is 1170. The van der Waals surface area contributed by atoms with Crippen LogP contribution in [-0.2, 0) is 20.2 Å². The van der Waals surface area contributed by atoms with Crippen molar-refractivity contribution < 1.29 is 17.7 Å². The molecule has 164 valence electrons. The van der Waals surface area contributed by atoms with E-state index < -0.39 is 10.0 Å². The topological polar surface area (TPSA) is 114 Å². The number of anilines is 1. The first-order chi connectivity index (χ1) is 14.5. The quantitative estimate of drug-likeness (QED) is 0.548. The summed E-state index contributed by atoms with van der Waals surface area (Å²) in [4.78, 5) is 16.6. The molecule has 0 aliphatic carbocycles. The first-order valence-electron chi connectivity index (χ1n) is 9.54. The van der Waals surface area contributed by atoms with Crippen LogP contribution in [0.2, 0.25) is 5.02 Å². The van der Waals surface area contributed by atoms with Crippen LogP contribution in [0, 0.1) is 0 Å². The lowest BCUT2D eigenvalue weighted by atomic mass is 9.97. The molecule has 8 nitrogen and oxygen atoms in total. The lowest BCUT2D eigenvalue weighted by Crippen LogP contribution is -2.27. The van der Waals surface area contributed by atoms with Crippen LogP contribution < -0.4 is 10.0 Å². The minimum atomic E-state index is -3.73. The monoisotopic (exact) mass is 462 g/mol. The lowest BCUT2D eigenvalue weighted by molar-refractivity contribution is -0.116. The number of halogens is 1. The highest BCUT2D eigenvalue weighted by atomic mass is 35.5. The lowest BCUT2D eigenvalue weighted by Gasteiger charge is -2.10. The van der Waals surface area contributed by atoms with Gasteiger partial charge in [-0.1, -0.05) is 43.6 Å². The fourth-order valence-electron chi connectivity index (χ4n) is 2.59. The molecule has 10 heteroatoms. The zero-order chi connectivity index (χ0) is 22.6. The highest BCUT2D eigenvalue weighted by molar-refractivity contribution is 7.89. The molecule has 1 heterocycles. The van der Waals surface area contributed by atoms with Crippen molar-refractivity contribution >= 4 is 33.2 Å². The van der Waals surface area contributed by atoms with Gasteiger partial charge in [-0.15, -0.1) is 0 Å². The normalized spacial score (nSPS) is 12.0. The van der Waals surface area contributed by atoms with E-state index in [1.807, 2.05) is 20.8 Å². The molecule has 0 radical (unpaired) electrons. The average molecular weight is 463 g/mol. The van der Waals surface area contributed by atoms with E-state index >= 15 is 0 Å². The van der Waals surface area contributed by atoms with Gasteiger partial charge < -0.3 is 9.84 Å². The maximum atomic E-state index is 12.2. The summed E-state index contributed by atoms with van der Waals surface area (Å²) in [6, 6.07) is 12.9. The van der Waals surface area contributed by atoms with Gasteiger partial charge in [-0.2, -0.15) is 4.98 Å². The SMILES string of the molecule is CC(C)(C)c1nc(-c2ccc(NC(=O)CCNS(=O)(=O)c3cccc(Cl)c3)cc2)no1. The summed E-state index contributed by atoms with van der Waals surface area (Å²) in [6.07, 6.45) is -0.0265. The second-order valence-electron chi connectivity index (χ2n) is 7.90. The van der Waals surface area contributed by atoms with E-state index in [4.69, 9.17) is 16.1 Å². The van der Waals surface area contributed by atoms with E-state index in [0.29, 0.717) is 22.4 Å². The third-order valence-corrected chi connectivity index (χ3v) is 5.94. The maximum absolute atomic E-state index is 12.2. The van der Waals surface area contributed by atoms with Crippen molar-refractivity contribution in [1.82, 2.24) is 14.9 Å². The molecular weight excluding hydrogens is 440 g/mol. The number of nitrogens with one attached hydrogen (secondary N) is 2. The first-order valence-corrected chi connectivity index (χ1v) is 11.4. The molecule has 0 spiro atoms. The summed E-state index contributed by atoms with van der Waals surface area (Å²) in [5.74, 6) is 0.689. The average Bonchev–Trinajstić information content (AvgIpc) is 3.19. The Labute approximate surface area is 186 Å². The van der Waals surface area contributed by atoms with Crippen LogP contribution in [0.25, 0.3) is 11.4 Å². The number of rotatable bonds is 7. The number of aromatic nitrogens is 2. The summed E-state index contributed by atoms with van der Waals surface area (Å²) in [7, 11) is -3.73. The Balaban J connectivity index is 1.53. The van der Waals surface area contributed by atoms with E-state index in [-0.39, 0.29) is 29.2 Å². The van der Waals surface area contributed by atoms with Gasteiger partial charge in [0.1, 0.15) is 0 Å². The van der Waals surface area contributed by atoms with Gasteiger partial charge in [0, 0.05) is 34.7 Å². The summed E-state index contributed by atoms with van der Waals surface area (Å²) in [5, 5.41) is 7.04. The molecule has 2 aromatic carbocycles. The largest absolute Gasteiger partial charge is 0.338 e. The third kappa shape index (κ3) is 6.13. The van der Waals surface area contributed by atoms with Crippen LogP contribution in [0.3, 0.4) is 0 Å². The number of carbonyl (C=O) groups is 1. The molecule has 1 amide bonds. The number of benzene rings is 2.